The maximum absolute atomic E-state index is 10.6. The van der Waals surface area contributed by atoms with Crippen molar-refractivity contribution >= 4 is 15.7 Å². The summed E-state index contributed by atoms with van der Waals surface area (Å²) in [7, 11) is -3.55. The fourth-order valence-electron chi connectivity index (χ4n) is 0.940. The van der Waals surface area contributed by atoms with Crippen LogP contribution in [0, 0.1) is 10.1 Å². The van der Waals surface area contributed by atoms with Crippen molar-refractivity contribution in [2.45, 2.75) is 0 Å². The smallest absolute Gasteiger partial charge is 0.269 e. The van der Waals surface area contributed by atoms with Crippen molar-refractivity contribution in [2.75, 3.05) is 12.4 Å². The van der Waals surface area contributed by atoms with E-state index in [0.29, 0.717) is 5.75 Å². The predicted octanol–water partition coefficient (Wildman–Crippen LogP) is 0.262. The third kappa shape index (κ3) is 4.24. The van der Waals surface area contributed by atoms with E-state index in [2.05, 4.69) is 0 Å². The highest BCUT2D eigenvalue weighted by Crippen LogP contribution is 2.16. The van der Waals surface area contributed by atoms with Gasteiger partial charge in [0.25, 0.3) is 5.69 Å². The standard InChI is InChI=1S/C8H10N2O5S/c9-16(13,14)6-5-15-8-3-1-7(2-4-8)10(11)12/h1-4H,5-6H2,(H2,9,13,14). The van der Waals surface area contributed by atoms with Gasteiger partial charge in [-0.2, -0.15) is 0 Å². The van der Waals surface area contributed by atoms with Gasteiger partial charge in [-0.05, 0) is 12.1 Å². The zero-order chi connectivity index (χ0) is 12.2. The molecule has 1 rings (SSSR count). The maximum Gasteiger partial charge on any atom is 0.269 e. The summed E-state index contributed by atoms with van der Waals surface area (Å²) in [6.07, 6.45) is 0. The second kappa shape index (κ2) is 4.90. The molecule has 0 saturated heterocycles. The summed E-state index contributed by atoms with van der Waals surface area (Å²) in [5, 5.41) is 15.1. The van der Waals surface area contributed by atoms with Gasteiger partial charge in [-0.25, -0.2) is 13.6 Å². The van der Waals surface area contributed by atoms with Gasteiger partial charge in [-0.1, -0.05) is 0 Å². The Bertz CT molecular complexity index is 468. The Hall–Kier alpha value is -1.67. The topological polar surface area (TPSA) is 113 Å². The summed E-state index contributed by atoms with van der Waals surface area (Å²) >= 11 is 0. The molecule has 0 fully saturated rings. The van der Waals surface area contributed by atoms with Gasteiger partial charge in [0.05, 0.1) is 10.7 Å². The Morgan fingerprint density at radius 2 is 1.88 bits per heavy atom. The number of rotatable bonds is 5. The number of nitro groups is 1. The second-order valence-corrected chi connectivity index (χ2v) is 4.70. The first-order chi connectivity index (χ1) is 7.38. The first kappa shape index (κ1) is 12.4. The summed E-state index contributed by atoms with van der Waals surface area (Å²) in [5.74, 6) is 0.0542. The quantitative estimate of drug-likeness (QED) is 0.591. The van der Waals surface area contributed by atoms with Crippen molar-refractivity contribution in [1.29, 1.82) is 0 Å². The van der Waals surface area contributed by atoms with E-state index in [1.807, 2.05) is 0 Å². The number of hydrogen-bond acceptors (Lipinski definition) is 5. The summed E-state index contributed by atoms with van der Waals surface area (Å²) < 4.78 is 26.2. The van der Waals surface area contributed by atoms with Gasteiger partial charge in [0, 0.05) is 12.1 Å². The molecule has 7 nitrogen and oxygen atoms in total. The minimum atomic E-state index is -3.55. The van der Waals surface area contributed by atoms with E-state index >= 15 is 0 Å². The molecule has 0 bridgehead atoms. The van der Waals surface area contributed by atoms with Crippen molar-refractivity contribution in [3.05, 3.63) is 34.4 Å². The molecule has 0 aromatic heterocycles. The van der Waals surface area contributed by atoms with Crippen LogP contribution < -0.4 is 9.88 Å². The lowest BCUT2D eigenvalue weighted by atomic mass is 10.3. The number of non-ortho nitro benzene ring substituents is 1. The third-order valence-electron chi connectivity index (χ3n) is 1.68. The number of nitrogens with two attached hydrogens (primary N) is 1. The van der Waals surface area contributed by atoms with E-state index in [9.17, 15) is 18.5 Å². The Kier molecular flexibility index (Phi) is 3.80. The molecule has 0 aliphatic carbocycles. The van der Waals surface area contributed by atoms with Crippen LogP contribution in [0.25, 0.3) is 0 Å². The van der Waals surface area contributed by atoms with E-state index < -0.39 is 14.9 Å². The zero-order valence-corrected chi connectivity index (χ0v) is 9.01. The van der Waals surface area contributed by atoms with Gasteiger partial charge < -0.3 is 4.74 Å². The van der Waals surface area contributed by atoms with Crippen molar-refractivity contribution < 1.29 is 18.1 Å². The molecule has 88 valence electrons. The van der Waals surface area contributed by atoms with E-state index in [1.54, 1.807) is 0 Å². The lowest BCUT2D eigenvalue weighted by molar-refractivity contribution is -0.384. The molecule has 0 unspecified atom stereocenters. The Morgan fingerprint density at radius 3 is 2.31 bits per heavy atom. The summed E-state index contributed by atoms with van der Waals surface area (Å²) in [6, 6.07) is 5.32. The third-order valence-corrected chi connectivity index (χ3v) is 2.42. The summed E-state index contributed by atoms with van der Waals surface area (Å²) in [5.41, 5.74) is -0.0567. The second-order valence-electron chi connectivity index (χ2n) is 2.97. The molecule has 0 aliphatic heterocycles. The minimum Gasteiger partial charge on any atom is -0.492 e. The number of ether oxygens (including phenoxy) is 1. The van der Waals surface area contributed by atoms with Crippen LogP contribution in [0.3, 0.4) is 0 Å². The molecule has 0 atom stereocenters. The lowest BCUT2D eigenvalue weighted by Gasteiger charge is -2.04. The van der Waals surface area contributed by atoms with Crippen LogP contribution in [0.2, 0.25) is 0 Å². The molecule has 0 saturated carbocycles. The number of nitro benzene ring substituents is 1. The average Bonchev–Trinajstić information content (AvgIpc) is 2.16. The van der Waals surface area contributed by atoms with Crippen molar-refractivity contribution in [3.63, 3.8) is 0 Å². The average molecular weight is 246 g/mol. The van der Waals surface area contributed by atoms with Crippen LogP contribution in [0.5, 0.6) is 5.75 Å². The largest absolute Gasteiger partial charge is 0.492 e. The van der Waals surface area contributed by atoms with Crippen LogP contribution in [0.15, 0.2) is 24.3 Å². The van der Waals surface area contributed by atoms with Crippen molar-refractivity contribution in [1.82, 2.24) is 0 Å². The fourth-order valence-corrected chi connectivity index (χ4v) is 1.26. The van der Waals surface area contributed by atoms with Gasteiger partial charge in [-0.3, -0.25) is 10.1 Å². The molecule has 0 aliphatic rings. The van der Waals surface area contributed by atoms with Gasteiger partial charge in [0.2, 0.25) is 10.0 Å². The number of sulfonamides is 1. The molecular formula is C8H10N2O5S. The first-order valence-electron chi connectivity index (χ1n) is 4.26. The van der Waals surface area contributed by atoms with Crippen LogP contribution in [-0.4, -0.2) is 25.7 Å². The number of hydrogen-bond donors (Lipinski definition) is 1. The summed E-state index contributed by atoms with van der Waals surface area (Å²) in [6.45, 7) is -0.0867. The number of primary sulfonamides is 1. The highest BCUT2D eigenvalue weighted by atomic mass is 32.2. The maximum atomic E-state index is 10.6. The van der Waals surface area contributed by atoms with Crippen LogP contribution in [0.4, 0.5) is 5.69 Å². The Balaban J connectivity index is 2.53. The molecular weight excluding hydrogens is 236 g/mol. The molecule has 0 spiro atoms. The van der Waals surface area contributed by atoms with E-state index in [4.69, 9.17) is 9.88 Å². The minimum absolute atomic E-state index is 0.0567. The van der Waals surface area contributed by atoms with Crippen LogP contribution in [0.1, 0.15) is 0 Å². The highest BCUT2D eigenvalue weighted by Gasteiger charge is 2.06. The molecule has 2 N–H and O–H groups in total. The van der Waals surface area contributed by atoms with Gasteiger partial charge in [0.15, 0.2) is 0 Å². The number of nitrogens with zero attached hydrogens (tertiary/aromatic N) is 1. The van der Waals surface area contributed by atoms with Crippen molar-refractivity contribution in [2.24, 2.45) is 5.14 Å². The van der Waals surface area contributed by atoms with E-state index in [-0.39, 0.29) is 18.0 Å². The molecule has 0 heterocycles. The van der Waals surface area contributed by atoms with Crippen LogP contribution >= 0.6 is 0 Å². The molecule has 1 aromatic carbocycles. The van der Waals surface area contributed by atoms with Crippen LogP contribution in [-0.2, 0) is 10.0 Å². The Labute approximate surface area is 92.0 Å². The summed E-state index contributed by atoms with van der Waals surface area (Å²) in [4.78, 5) is 9.79. The SMILES string of the molecule is NS(=O)(=O)CCOc1ccc([N+](=O)[O-])cc1. The van der Waals surface area contributed by atoms with E-state index in [0.717, 1.165) is 0 Å². The first-order valence-corrected chi connectivity index (χ1v) is 5.98. The molecule has 0 radical (unpaired) electrons. The van der Waals surface area contributed by atoms with Gasteiger partial charge in [0.1, 0.15) is 12.4 Å². The molecule has 16 heavy (non-hydrogen) atoms. The Morgan fingerprint density at radius 1 is 1.31 bits per heavy atom. The predicted molar refractivity (Wildman–Crippen MR) is 56.6 cm³/mol. The molecule has 8 heteroatoms. The van der Waals surface area contributed by atoms with Crippen molar-refractivity contribution in [3.8, 4) is 5.75 Å². The van der Waals surface area contributed by atoms with Gasteiger partial charge in [-0.15, -0.1) is 0 Å². The fraction of sp³-hybridized carbons (Fsp3) is 0.250. The highest BCUT2D eigenvalue weighted by molar-refractivity contribution is 7.89. The van der Waals surface area contributed by atoms with E-state index in [1.165, 1.54) is 24.3 Å². The molecule has 1 aromatic rings. The molecule has 0 amide bonds. The van der Waals surface area contributed by atoms with Gasteiger partial charge >= 0.3 is 0 Å². The normalized spacial score (nSPS) is 11.1. The lowest BCUT2D eigenvalue weighted by Crippen LogP contribution is -2.21. The number of benzene rings is 1. The monoisotopic (exact) mass is 246 g/mol. The zero-order valence-electron chi connectivity index (χ0n) is 8.20.